The van der Waals surface area contributed by atoms with E-state index < -0.39 is 5.79 Å². The molecular formula is C9H20O2. The topological polar surface area (TPSA) is 18.5 Å². The molecule has 0 rings (SSSR count). The Morgan fingerprint density at radius 2 is 1.73 bits per heavy atom. The molecule has 0 aromatic carbocycles. The minimum Gasteiger partial charge on any atom is -0.353 e. The van der Waals surface area contributed by atoms with Crippen molar-refractivity contribution in [1.82, 2.24) is 0 Å². The standard InChI is InChI=1S/C9H20O2/c1-6-8(2)7-9(3,10-4)11-5/h8H,6-7H2,1-5H3. The largest absolute Gasteiger partial charge is 0.353 e. The Labute approximate surface area is 69.9 Å². The molecule has 68 valence electrons. The lowest BCUT2D eigenvalue weighted by atomic mass is 9.99. The van der Waals surface area contributed by atoms with Crippen LogP contribution in [0.25, 0.3) is 0 Å². The molecule has 1 unspecified atom stereocenters. The molecule has 0 aliphatic heterocycles. The second kappa shape index (κ2) is 4.73. The zero-order chi connectivity index (χ0) is 8.91. The highest BCUT2D eigenvalue weighted by molar-refractivity contribution is 4.65. The molecule has 0 heterocycles. The predicted molar refractivity (Wildman–Crippen MR) is 46.5 cm³/mol. The van der Waals surface area contributed by atoms with Crippen LogP contribution < -0.4 is 0 Å². The Kier molecular flexibility index (Phi) is 4.69. The van der Waals surface area contributed by atoms with Crippen LogP contribution in [0.3, 0.4) is 0 Å². The van der Waals surface area contributed by atoms with Crippen LogP contribution in [0, 0.1) is 5.92 Å². The fourth-order valence-corrected chi connectivity index (χ4v) is 1.03. The van der Waals surface area contributed by atoms with E-state index in [1.165, 1.54) is 6.42 Å². The van der Waals surface area contributed by atoms with Gasteiger partial charge in [-0.15, -0.1) is 0 Å². The van der Waals surface area contributed by atoms with Crippen molar-refractivity contribution in [3.05, 3.63) is 0 Å². The van der Waals surface area contributed by atoms with Crippen LogP contribution in [0.4, 0.5) is 0 Å². The van der Waals surface area contributed by atoms with Crippen molar-refractivity contribution in [3.8, 4) is 0 Å². The van der Waals surface area contributed by atoms with Gasteiger partial charge in [0.25, 0.3) is 0 Å². The van der Waals surface area contributed by atoms with Crippen molar-refractivity contribution in [2.24, 2.45) is 5.92 Å². The van der Waals surface area contributed by atoms with E-state index in [9.17, 15) is 0 Å². The maximum absolute atomic E-state index is 5.24. The fourth-order valence-electron chi connectivity index (χ4n) is 1.03. The zero-order valence-electron chi connectivity index (χ0n) is 8.31. The Morgan fingerprint density at radius 3 is 2.00 bits per heavy atom. The molecule has 0 aromatic heterocycles. The van der Waals surface area contributed by atoms with Crippen LogP contribution >= 0.6 is 0 Å². The average molecular weight is 160 g/mol. The van der Waals surface area contributed by atoms with E-state index in [-0.39, 0.29) is 0 Å². The van der Waals surface area contributed by atoms with Crippen molar-refractivity contribution >= 4 is 0 Å². The summed E-state index contributed by atoms with van der Waals surface area (Å²) in [6.45, 7) is 6.35. The van der Waals surface area contributed by atoms with E-state index in [4.69, 9.17) is 9.47 Å². The van der Waals surface area contributed by atoms with Gasteiger partial charge in [0, 0.05) is 20.6 Å². The molecule has 0 aromatic rings. The van der Waals surface area contributed by atoms with Crippen LogP contribution in [0.2, 0.25) is 0 Å². The summed E-state index contributed by atoms with van der Waals surface area (Å²) in [5.41, 5.74) is 0. The lowest BCUT2D eigenvalue weighted by Gasteiger charge is -2.28. The van der Waals surface area contributed by atoms with Gasteiger partial charge in [-0.25, -0.2) is 0 Å². The van der Waals surface area contributed by atoms with Crippen LogP contribution in [0.15, 0.2) is 0 Å². The first kappa shape index (κ1) is 10.9. The smallest absolute Gasteiger partial charge is 0.165 e. The summed E-state index contributed by atoms with van der Waals surface area (Å²) in [4.78, 5) is 0. The number of ether oxygens (including phenoxy) is 2. The molecule has 0 saturated heterocycles. The lowest BCUT2D eigenvalue weighted by molar-refractivity contribution is -0.203. The molecule has 1 atom stereocenters. The lowest BCUT2D eigenvalue weighted by Crippen LogP contribution is -2.31. The first-order valence-electron chi connectivity index (χ1n) is 4.18. The Hall–Kier alpha value is -0.0800. The van der Waals surface area contributed by atoms with Gasteiger partial charge >= 0.3 is 0 Å². The first-order chi connectivity index (χ1) is 5.08. The maximum atomic E-state index is 5.24. The molecule has 2 nitrogen and oxygen atoms in total. The molecule has 11 heavy (non-hydrogen) atoms. The molecule has 0 radical (unpaired) electrons. The summed E-state index contributed by atoms with van der Waals surface area (Å²) < 4.78 is 10.5. The number of methoxy groups -OCH3 is 2. The van der Waals surface area contributed by atoms with Gasteiger partial charge in [-0.1, -0.05) is 20.3 Å². The normalized spacial score (nSPS) is 15.0. The van der Waals surface area contributed by atoms with Gasteiger partial charge in [0.15, 0.2) is 5.79 Å². The Bertz CT molecular complexity index is 97.7. The number of hydrogen-bond acceptors (Lipinski definition) is 2. The van der Waals surface area contributed by atoms with Gasteiger partial charge in [-0.3, -0.25) is 0 Å². The maximum Gasteiger partial charge on any atom is 0.165 e. The minimum absolute atomic E-state index is 0.393. The second-order valence-electron chi connectivity index (χ2n) is 3.26. The Morgan fingerprint density at radius 1 is 1.27 bits per heavy atom. The van der Waals surface area contributed by atoms with Crippen molar-refractivity contribution < 1.29 is 9.47 Å². The zero-order valence-corrected chi connectivity index (χ0v) is 8.31. The van der Waals surface area contributed by atoms with Crippen molar-refractivity contribution in [3.63, 3.8) is 0 Å². The molecule has 2 heteroatoms. The van der Waals surface area contributed by atoms with Gasteiger partial charge in [0.1, 0.15) is 0 Å². The monoisotopic (exact) mass is 160 g/mol. The third kappa shape index (κ3) is 3.73. The van der Waals surface area contributed by atoms with Crippen LogP contribution in [0.5, 0.6) is 0 Å². The van der Waals surface area contributed by atoms with Gasteiger partial charge in [-0.2, -0.15) is 0 Å². The van der Waals surface area contributed by atoms with E-state index >= 15 is 0 Å². The first-order valence-corrected chi connectivity index (χ1v) is 4.18. The van der Waals surface area contributed by atoms with E-state index in [1.807, 2.05) is 6.92 Å². The van der Waals surface area contributed by atoms with Gasteiger partial charge in [0.2, 0.25) is 0 Å². The molecule has 0 aliphatic rings. The molecular weight excluding hydrogens is 140 g/mol. The van der Waals surface area contributed by atoms with Crippen LogP contribution in [-0.2, 0) is 9.47 Å². The summed E-state index contributed by atoms with van der Waals surface area (Å²) in [6.07, 6.45) is 2.12. The SMILES string of the molecule is CCC(C)CC(C)(OC)OC. The van der Waals surface area contributed by atoms with E-state index in [2.05, 4.69) is 13.8 Å². The van der Waals surface area contributed by atoms with Gasteiger partial charge < -0.3 is 9.47 Å². The minimum atomic E-state index is -0.393. The van der Waals surface area contributed by atoms with Gasteiger partial charge in [0.05, 0.1) is 0 Å². The third-order valence-electron chi connectivity index (χ3n) is 2.28. The fraction of sp³-hybridized carbons (Fsp3) is 1.00. The van der Waals surface area contributed by atoms with Gasteiger partial charge in [-0.05, 0) is 12.8 Å². The molecule has 0 bridgehead atoms. The predicted octanol–water partition coefficient (Wildman–Crippen LogP) is 2.43. The Balaban J connectivity index is 3.86. The van der Waals surface area contributed by atoms with Crippen molar-refractivity contribution in [2.45, 2.75) is 39.4 Å². The van der Waals surface area contributed by atoms with Crippen molar-refractivity contribution in [2.75, 3.05) is 14.2 Å². The molecule has 0 amide bonds. The van der Waals surface area contributed by atoms with Crippen LogP contribution in [-0.4, -0.2) is 20.0 Å². The molecule has 0 aliphatic carbocycles. The molecule has 0 fully saturated rings. The highest BCUT2D eigenvalue weighted by Crippen LogP contribution is 2.22. The summed E-state index contributed by atoms with van der Waals surface area (Å²) in [7, 11) is 3.37. The quantitative estimate of drug-likeness (QED) is 0.575. The number of hydrogen-bond donors (Lipinski definition) is 0. The molecule has 0 N–H and O–H groups in total. The third-order valence-corrected chi connectivity index (χ3v) is 2.28. The molecule has 0 spiro atoms. The average Bonchev–Trinajstić information content (AvgIpc) is 2.04. The van der Waals surface area contributed by atoms with E-state index in [0.717, 1.165) is 6.42 Å². The second-order valence-corrected chi connectivity index (χ2v) is 3.26. The van der Waals surface area contributed by atoms with E-state index in [0.29, 0.717) is 5.92 Å². The van der Waals surface area contributed by atoms with Crippen molar-refractivity contribution in [1.29, 1.82) is 0 Å². The van der Waals surface area contributed by atoms with Crippen LogP contribution in [0.1, 0.15) is 33.6 Å². The highest BCUT2D eigenvalue weighted by atomic mass is 16.7. The van der Waals surface area contributed by atoms with E-state index in [1.54, 1.807) is 14.2 Å². The highest BCUT2D eigenvalue weighted by Gasteiger charge is 2.24. The summed E-state index contributed by atoms with van der Waals surface area (Å²) in [5, 5.41) is 0. The summed E-state index contributed by atoms with van der Waals surface area (Å²) in [6, 6.07) is 0. The molecule has 0 saturated carbocycles. The summed E-state index contributed by atoms with van der Waals surface area (Å²) in [5.74, 6) is 0.259. The number of rotatable bonds is 5. The summed E-state index contributed by atoms with van der Waals surface area (Å²) >= 11 is 0.